The molecule has 1 fully saturated rings. The molecule has 1 aliphatic heterocycles. The van der Waals surface area contributed by atoms with Crippen molar-refractivity contribution in [1.29, 1.82) is 0 Å². The maximum atomic E-state index is 13.7. The van der Waals surface area contributed by atoms with Gasteiger partial charge in [0.2, 0.25) is 5.91 Å². The third-order valence-corrected chi connectivity index (χ3v) is 4.38. The van der Waals surface area contributed by atoms with Crippen LogP contribution in [0.2, 0.25) is 0 Å². The van der Waals surface area contributed by atoms with Gasteiger partial charge in [0.1, 0.15) is 17.2 Å². The van der Waals surface area contributed by atoms with E-state index in [2.05, 4.69) is 25.2 Å². The summed E-state index contributed by atoms with van der Waals surface area (Å²) in [5, 5.41) is 10.4. The van der Waals surface area contributed by atoms with Gasteiger partial charge < -0.3 is 5.32 Å². The van der Waals surface area contributed by atoms with Gasteiger partial charge in [0.05, 0.1) is 6.42 Å². The normalized spacial score (nSPS) is 16.2. The fourth-order valence-electron chi connectivity index (χ4n) is 2.94. The minimum absolute atomic E-state index is 0.0682. The quantitative estimate of drug-likeness (QED) is 0.905. The van der Waals surface area contributed by atoms with Crippen molar-refractivity contribution < 1.29 is 13.8 Å². The average Bonchev–Trinajstić information content (AvgIpc) is 2.96. The zero-order valence-electron chi connectivity index (χ0n) is 13.7. The van der Waals surface area contributed by atoms with Crippen molar-refractivity contribution in [3.8, 4) is 0 Å². The molecule has 6 nitrogen and oxygen atoms in total. The number of rotatable bonds is 5. The molecule has 2 heterocycles. The molecule has 7 heteroatoms. The summed E-state index contributed by atoms with van der Waals surface area (Å²) in [5.41, 5.74) is 1.93. The van der Waals surface area contributed by atoms with Crippen LogP contribution in [0, 0.1) is 12.7 Å². The number of amides is 1. The number of aromatic nitrogens is 2. The van der Waals surface area contributed by atoms with Gasteiger partial charge in [0.15, 0.2) is 0 Å². The highest BCUT2D eigenvalue weighted by atomic mass is 19.1. The lowest BCUT2D eigenvalue weighted by molar-refractivity contribution is -0.121. The first-order valence-electron chi connectivity index (χ1n) is 8.15. The molecular formula is C17H21FN4O2. The highest BCUT2D eigenvalue weighted by Crippen LogP contribution is 2.16. The first-order valence-corrected chi connectivity index (χ1v) is 8.15. The molecule has 0 spiro atoms. The molecule has 0 radical (unpaired) electrons. The molecule has 0 bridgehead atoms. The monoisotopic (exact) mass is 332 g/mol. The van der Waals surface area contributed by atoms with Gasteiger partial charge in [-0.15, -0.1) is 0 Å². The van der Waals surface area contributed by atoms with E-state index < -0.39 is 0 Å². The molecule has 24 heavy (non-hydrogen) atoms. The third kappa shape index (κ3) is 4.17. The van der Waals surface area contributed by atoms with Crippen LogP contribution in [0.4, 0.5) is 4.39 Å². The molecule has 1 saturated heterocycles. The van der Waals surface area contributed by atoms with Crippen LogP contribution in [0.3, 0.4) is 0 Å². The largest absolute Gasteiger partial charge is 0.353 e. The van der Waals surface area contributed by atoms with E-state index in [4.69, 9.17) is 0 Å². The molecule has 3 rings (SSSR count). The lowest BCUT2D eigenvalue weighted by Gasteiger charge is -2.32. The Kier molecular flexibility index (Phi) is 5.20. The Bertz CT molecular complexity index is 695. The van der Waals surface area contributed by atoms with Gasteiger partial charge >= 0.3 is 0 Å². The number of aryl methyl sites for hydroxylation is 1. The van der Waals surface area contributed by atoms with Gasteiger partial charge in [0.25, 0.3) is 0 Å². The number of hydrogen-bond donors (Lipinski definition) is 1. The van der Waals surface area contributed by atoms with E-state index in [0.717, 1.165) is 25.9 Å². The molecule has 0 atom stereocenters. The van der Waals surface area contributed by atoms with Crippen LogP contribution in [-0.4, -0.2) is 40.3 Å². The first-order chi connectivity index (χ1) is 11.6. The van der Waals surface area contributed by atoms with Gasteiger partial charge in [-0.25, -0.2) is 9.02 Å². The Morgan fingerprint density at radius 3 is 2.75 bits per heavy atom. The summed E-state index contributed by atoms with van der Waals surface area (Å²) < 4.78 is 18.3. The van der Waals surface area contributed by atoms with E-state index >= 15 is 0 Å². The van der Waals surface area contributed by atoms with E-state index in [1.807, 2.05) is 12.1 Å². The molecule has 0 unspecified atom stereocenters. The maximum Gasteiger partial charge on any atom is 0.226 e. The number of piperidine rings is 1. The fourth-order valence-corrected chi connectivity index (χ4v) is 2.94. The van der Waals surface area contributed by atoms with Gasteiger partial charge in [-0.2, -0.15) is 0 Å². The third-order valence-electron chi connectivity index (χ3n) is 4.38. The van der Waals surface area contributed by atoms with Gasteiger partial charge in [0, 0.05) is 31.2 Å². The number of halogens is 1. The van der Waals surface area contributed by atoms with Gasteiger partial charge in [-0.05, 0) is 25.8 Å². The molecular weight excluding hydrogens is 311 g/mol. The van der Waals surface area contributed by atoms with Crippen molar-refractivity contribution in [2.45, 2.75) is 38.8 Å². The number of benzene rings is 1. The van der Waals surface area contributed by atoms with Crippen molar-refractivity contribution in [2.24, 2.45) is 0 Å². The predicted octanol–water partition coefficient (Wildman–Crippen LogP) is 1.84. The number of carbonyl (C=O) groups is 1. The Morgan fingerprint density at radius 1 is 1.33 bits per heavy atom. The van der Waals surface area contributed by atoms with E-state index in [1.54, 1.807) is 13.0 Å². The number of hydrogen-bond acceptors (Lipinski definition) is 5. The Hall–Kier alpha value is -2.28. The summed E-state index contributed by atoms with van der Waals surface area (Å²) in [6, 6.07) is 7.01. The minimum atomic E-state index is -0.162. The number of carbonyl (C=O) groups excluding carboxylic acids is 1. The van der Waals surface area contributed by atoms with Crippen molar-refractivity contribution in [2.75, 3.05) is 13.1 Å². The van der Waals surface area contributed by atoms with Crippen molar-refractivity contribution in [3.63, 3.8) is 0 Å². The van der Waals surface area contributed by atoms with Crippen LogP contribution in [-0.2, 0) is 17.8 Å². The Balaban J connectivity index is 1.44. The summed E-state index contributed by atoms with van der Waals surface area (Å²) in [5.74, 6) is -0.231. The fraction of sp³-hybridized carbons (Fsp3) is 0.471. The predicted molar refractivity (Wildman–Crippen MR) is 85.6 cm³/mol. The van der Waals surface area contributed by atoms with Crippen molar-refractivity contribution in [3.05, 3.63) is 47.0 Å². The van der Waals surface area contributed by atoms with Crippen LogP contribution >= 0.6 is 0 Å². The lowest BCUT2D eigenvalue weighted by Crippen LogP contribution is -2.44. The number of likely N-dealkylation sites (tertiary alicyclic amines) is 1. The Morgan fingerprint density at radius 2 is 2.08 bits per heavy atom. The van der Waals surface area contributed by atoms with Gasteiger partial charge in [-0.1, -0.05) is 28.5 Å². The first kappa shape index (κ1) is 16.6. The van der Waals surface area contributed by atoms with Crippen LogP contribution in [0.15, 0.2) is 28.9 Å². The van der Waals surface area contributed by atoms with Crippen molar-refractivity contribution >= 4 is 5.91 Å². The zero-order valence-corrected chi connectivity index (χ0v) is 13.7. The van der Waals surface area contributed by atoms with Crippen LogP contribution in [0.1, 0.15) is 29.8 Å². The van der Waals surface area contributed by atoms with E-state index in [1.165, 1.54) is 6.07 Å². The summed E-state index contributed by atoms with van der Waals surface area (Å²) in [4.78, 5) is 14.3. The van der Waals surface area contributed by atoms with E-state index in [0.29, 0.717) is 23.5 Å². The zero-order chi connectivity index (χ0) is 16.9. The van der Waals surface area contributed by atoms with Crippen LogP contribution < -0.4 is 5.32 Å². The number of nitrogens with one attached hydrogen (secondary N) is 1. The standard InChI is InChI=1S/C17H21FN4O2/c1-12-16(21-24-20-12)10-17(23)19-14-6-8-22(9-7-14)11-13-4-2-3-5-15(13)18/h2-5,14H,6-11H2,1H3,(H,19,23). The molecule has 0 aliphatic carbocycles. The molecule has 1 aromatic heterocycles. The summed E-state index contributed by atoms with van der Waals surface area (Å²) in [6.07, 6.45) is 1.90. The smallest absolute Gasteiger partial charge is 0.226 e. The van der Waals surface area contributed by atoms with Gasteiger partial charge in [-0.3, -0.25) is 9.69 Å². The topological polar surface area (TPSA) is 71.3 Å². The molecule has 1 amide bonds. The average molecular weight is 332 g/mol. The second-order valence-corrected chi connectivity index (χ2v) is 6.18. The minimum Gasteiger partial charge on any atom is -0.353 e. The molecule has 128 valence electrons. The van der Waals surface area contributed by atoms with Crippen LogP contribution in [0.25, 0.3) is 0 Å². The number of nitrogens with zero attached hydrogens (tertiary/aromatic N) is 3. The summed E-state index contributed by atoms with van der Waals surface area (Å²) >= 11 is 0. The van der Waals surface area contributed by atoms with Crippen molar-refractivity contribution in [1.82, 2.24) is 20.5 Å². The molecule has 1 aromatic carbocycles. The Labute approximate surface area is 140 Å². The summed E-state index contributed by atoms with van der Waals surface area (Å²) in [7, 11) is 0. The highest BCUT2D eigenvalue weighted by molar-refractivity contribution is 5.78. The molecule has 1 N–H and O–H groups in total. The van der Waals surface area contributed by atoms with E-state index in [9.17, 15) is 9.18 Å². The second-order valence-electron chi connectivity index (χ2n) is 6.18. The SMILES string of the molecule is Cc1nonc1CC(=O)NC1CCN(Cc2ccccc2F)CC1. The molecule has 2 aromatic rings. The second kappa shape index (κ2) is 7.53. The molecule has 0 saturated carbocycles. The van der Waals surface area contributed by atoms with Crippen LogP contribution in [0.5, 0.6) is 0 Å². The summed E-state index contributed by atoms with van der Waals surface area (Å²) in [6.45, 7) is 4.05. The molecule has 1 aliphatic rings. The van der Waals surface area contributed by atoms with E-state index in [-0.39, 0.29) is 24.2 Å². The highest BCUT2D eigenvalue weighted by Gasteiger charge is 2.22. The lowest BCUT2D eigenvalue weighted by atomic mass is 10.0. The maximum absolute atomic E-state index is 13.7.